The Morgan fingerprint density at radius 2 is 1.90 bits per heavy atom. The summed E-state index contributed by atoms with van der Waals surface area (Å²) in [6, 6.07) is 3.29. The summed E-state index contributed by atoms with van der Waals surface area (Å²) in [7, 11) is -4.18. The summed E-state index contributed by atoms with van der Waals surface area (Å²) in [5.41, 5.74) is -0.202. The quantitative estimate of drug-likeness (QED) is 0.902. The minimum Gasteiger partial charge on any atom is -0.475 e. The molecule has 112 valence electrons. The van der Waals surface area contributed by atoms with Gasteiger partial charge in [0.2, 0.25) is 5.76 Å². The van der Waals surface area contributed by atoms with Crippen LogP contribution in [0.3, 0.4) is 0 Å². The smallest absolute Gasteiger partial charge is 0.371 e. The molecule has 0 saturated carbocycles. The Morgan fingerprint density at radius 1 is 1.24 bits per heavy atom. The molecule has 0 atom stereocenters. The summed E-state index contributed by atoms with van der Waals surface area (Å²) in [5.74, 6) is -4.44. The van der Waals surface area contributed by atoms with Gasteiger partial charge in [-0.2, -0.15) is 0 Å². The number of sulfonamides is 1. The van der Waals surface area contributed by atoms with E-state index in [0.29, 0.717) is 6.07 Å². The normalized spacial score (nSPS) is 11.4. The standard InChI is InChI=1S/C12H9F2NO5S/c1-6-11(5-10(20-6)12(16)17)21(18,19)15-7-2-3-8(13)9(14)4-7/h2-5,15H,1H3,(H,16,17). The monoisotopic (exact) mass is 317 g/mol. The number of hydrogen-bond donors (Lipinski definition) is 2. The van der Waals surface area contributed by atoms with Crippen LogP contribution in [-0.4, -0.2) is 19.5 Å². The number of benzene rings is 1. The van der Waals surface area contributed by atoms with Gasteiger partial charge in [0.25, 0.3) is 10.0 Å². The van der Waals surface area contributed by atoms with E-state index in [1.165, 1.54) is 6.92 Å². The third kappa shape index (κ3) is 3.02. The summed E-state index contributed by atoms with van der Waals surface area (Å²) in [6.45, 7) is 1.27. The zero-order valence-corrected chi connectivity index (χ0v) is 11.4. The van der Waals surface area contributed by atoms with Crippen molar-refractivity contribution in [1.82, 2.24) is 0 Å². The highest BCUT2D eigenvalue weighted by atomic mass is 32.2. The van der Waals surface area contributed by atoms with Crippen LogP contribution in [0.4, 0.5) is 14.5 Å². The molecule has 6 nitrogen and oxygen atoms in total. The zero-order chi connectivity index (χ0) is 15.8. The Morgan fingerprint density at radius 3 is 2.43 bits per heavy atom. The molecule has 0 aliphatic heterocycles. The van der Waals surface area contributed by atoms with Crippen LogP contribution in [0.5, 0.6) is 0 Å². The lowest BCUT2D eigenvalue weighted by Gasteiger charge is -2.07. The molecule has 0 fully saturated rings. The van der Waals surface area contributed by atoms with Gasteiger partial charge in [-0.25, -0.2) is 22.0 Å². The summed E-state index contributed by atoms with van der Waals surface area (Å²) in [6.07, 6.45) is 0. The van der Waals surface area contributed by atoms with Crippen LogP contribution in [-0.2, 0) is 10.0 Å². The van der Waals surface area contributed by atoms with E-state index in [4.69, 9.17) is 9.52 Å². The predicted octanol–water partition coefficient (Wildman–Crippen LogP) is 2.37. The van der Waals surface area contributed by atoms with E-state index in [2.05, 4.69) is 0 Å². The van der Waals surface area contributed by atoms with Gasteiger partial charge in [0.05, 0.1) is 5.69 Å². The first-order valence-corrected chi connectivity index (χ1v) is 7.00. The first kappa shape index (κ1) is 15.0. The van der Waals surface area contributed by atoms with Crippen LogP contribution in [0.15, 0.2) is 33.6 Å². The molecule has 1 aromatic carbocycles. The first-order chi connectivity index (χ1) is 9.70. The number of furan rings is 1. The molecule has 9 heteroatoms. The first-order valence-electron chi connectivity index (χ1n) is 5.52. The van der Waals surface area contributed by atoms with Gasteiger partial charge in [0.1, 0.15) is 10.7 Å². The van der Waals surface area contributed by atoms with Crippen LogP contribution < -0.4 is 4.72 Å². The van der Waals surface area contributed by atoms with Crippen LogP contribution in [0.2, 0.25) is 0 Å². The maximum Gasteiger partial charge on any atom is 0.371 e. The topological polar surface area (TPSA) is 96.6 Å². The molecule has 1 heterocycles. The molecule has 21 heavy (non-hydrogen) atoms. The molecule has 0 amide bonds. The van der Waals surface area contributed by atoms with Crippen LogP contribution in [0.1, 0.15) is 16.3 Å². The minimum absolute atomic E-state index is 0.137. The van der Waals surface area contributed by atoms with Crippen molar-refractivity contribution in [2.75, 3.05) is 4.72 Å². The van der Waals surface area contributed by atoms with Crippen LogP contribution in [0.25, 0.3) is 0 Å². The number of carboxylic acid groups (broad SMARTS) is 1. The molecule has 2 aromatic rings. The van der Waals surface area contributed by atoms with E-state index >= 15 is 0 Å². The fraction of sp³-hybridized carbons (Fsp3) is 0.0833. The lowest BCUT2D eigenvalue weighted by atomic mass is 10.3. The molecule has 1 aromatic heterocycles. The van der Waals surface area contributed by atoms with Gasteiger partial charge >= 0.3 is 5.97 Å². The van der Waals surface area contributed by atoms with E-state index in [0.717, 1.165) is 18.2 Å². The number of rotatable bonds is 4. The van der Waals surface area contributed by atoms with E-state index in [9.17, 15) is 22.0 Å². The largest absolute Gasteiger partial charge is 0.475 e. The van der Waals surface area contributed by atoms with Crippen molar-refractivity contribution in [1.29, 1.82) is 0 Å². The van der Waals surface area contributed by atoms with Gasteiger partial charge in [0.15, 0.2) is 11.6 Å². The van der Waals surface area contributed by atoms with Crippen molar-refractivity contribution in [3.63, 3.8) is 0 Å². The Bertz CT molecular complexity index is 813. The summed E-state index contributed by atoms with van der Waals surface area (Å²) in [4.78, 5) is 10.3. The van der Waals surface area contributed by atoms with Crippen LogP contribution in [0, 0.1) is 18.6 Å². The molecule has 0 aliphatic carbocycles. The maximum atomic E-state index is 13.0. The second kappa shape index (κ2) is 5.17. The number of halogens is 2. The van der Waals surface area contributed by atoms with E-state index in [1.54, 1.807) is 0 Å². The molecule has 0 saturated heterocycles. The molecule has 2 rings (SSSR count). The fourth-order valence-electron chi connectivity index (χ4n) is 1.61. The molecule has 0 radical (unpaired) electrons. The number of nitrogens with one attached hydrogen (secondary N) is 1. The van der Waals surface area contributed by atoms with E-state index in [1.807, 2.05) is 4.72 Å². The third-order valence-corrected chi connectivity index (χ3v) is 4.03. The average molecular weight is 317 g/mol. The summed E-state index contributed by atoms with van der Waals surface area (Å²) < 4.78 is 56.8. The van der Waals surface area contributed by atoms with Crippen molar-refractivity contribution in [3.8, 4) is 0 Å². The SMILES string of the molecule is Cc1oc(C(=O)O)cc1S(=O)(=O)Nc1ccc(F)c(F)c1. The van der Waals surface area contributed by atoms with Gasteiger partial charge < -0.3 is 9.52 Å². The lowest BCUT2D eigenvalue weighted by molar-refractivity contribution is 0.0661. The van der Waals surface area contributed by atoms with Gasteiger partial charge in [-0.15, -0.1) is 0 Å². The molecule has 2 N–H and O–H groups in total. The average Bonchev–Trinajstić information content (AvgIpc) is 2.77. The predicted molar refractivity (Wildman–Crippen MR) is 67.6 cm³/mol. The van der Waals surface area contributed by atoms with Crippen molar-refractivity contribution in [2.45, 2.75) is 11.8 Å². The van der Waals surface area contributed by atoms with Gasteiger partial charge in [0, 0.05) is 12.1 Å². The minimum atomic E-state index is -4.18. The Kier molecular flexibility index (Phi) is 3.69. The van der Waals surface area contributed by atoms with Crippen molar-refractivity contribution in [3.05, 3.63) is 47.4 Å². The number of carboxylic acids is 1. The third-order valence-electron chi connectivity index (χ3n) is 2.54. The highest BCUT2D eigenvalue weighted by Gasteiger charge is 2.24. The molecule has 0 aliphatic rings. The molecular weight excluding hydrogens is 308 g/mol. The molecular formula is C12H9F2NO5S. The number of anilines is 1. The van der Waals surface area contributed by atoms with Crippen molar-refractivity contribution >= 4 is 21.7 Å². The number of carbonyl (C=O) groups is 1. The Labute approximate surface area is 118 Å². The zero-order valence-electron chi connectivity index (χ0n) is 10.6. The highest BCUT2D eigenvalue weighted by molar-refractivity contribution is 7.92. The second-order valence-electron chi connectivity index (χ2n) is 4.07. The van der Waals surface area contributed by atoms with Gasteiger partial charge in [-0.1, -0.05) is 0 Å². The lowest BCUT2D eigenvalue weighted by Crippen LogP contribution is -2.13. The highest BCUT2D eigenvalue weighted by Crippen LogP contribution is 2.23. The number of aromatic carboxylic acids is 1. The van der Waals surface area contributed by atoms with Crippen LogP contribution >= 0.6 is 0 Å². The molecule has 0 spiro atoms. The second-order valence-corrected chi connectivity index (χ2v) is 5.72. The molecule has 0 bridgehead atoms. The van der Waals surface area contributed by atoms with Crippen molar-refractivity contribution in [2.24, 2.45) is 0 Å². The fourth-order valence-corrected chi connectivity index (χ4v) is 2.84. The summed E-state index contributed by atoms with van der Waals surface area (Å²) in [5, 5.41) is 8.74. The van der Waals surface area contributed by atoms with E-state index in [-0.39, 0.29) is 11.4 Å². The molecule has 0 unspecified atom stereocenters. The summed E-state index contributed by atoms with van der Waals surface area (Å²) >= 11 is 0. The Hall–Kier alpha value is -2.42. The number of hydrogen-bond acceptors (Lipinski definition) is 4. The van der Waals surface area contributed by atoms with Gasteiger partial charge in [-0.05, 0) is 19.1 Å². The van der Waals surface area contributed by atoms with E-state index < -0.39 is 38.3 Å². The van der Waals surface area contributed by atoms with Crippen molar-refractivity contribution < 1.29 is 31.5 Å². The Balaban J connectivity index is 2.38. The number of aryl methyl sites for hydroxylation is 1. The maximum absolute atomic E-state index is 13.0. The van der Waals surface area contributed by atoms with Gasteiger partial charge in [-0.3, -0.25) is 4.72 Å².